The number of nitrogens with one attached hydrogen (secondary N) is 2. The van der Waals surface area contributed by atoms with Crippen LogP contribution in [0.2, 0.25) is 5.02 Å². The first-order valence-corrected chi connectivity index (χ1v) is 11.6. The van der Waals surface area contributed by atoms with Gasteiger partial charge in [-0.05, 0) is 61.0 Å². The summed E-state index contributed by atoms with van der Waals surface area (Å²) in [7, 11) is -1.28. The molecule has 0 saturated carbocycles. The van der Waals surface area contributed by atoms with Crippen molar-refractivity contribution < 1.29 is 27.1 Å². The van der Waals surface area contributed by atoms with Crippen LogP contribution in [-0.4, -0.2) is 28.5 Å². The Bertz CT molecular complexity index is 1280. The van der Waals surface area contributed by atoms with E-state index < -0.39 is 27.8 Å². The molecule has 3 rings (SSSR count). The molecule has 0 saturated heterocycles. The summed E-state index contributed by atoms with van der Waals surface area (Å²) in [6.45, 7) is 1.69. The molecule has 0 fully saturated rings. The number of anilines is 1. The molecule has 0 aliphatic carbocycles. The Morgan fingerprint density at radius 1 is 1.00 bits per heavy atom. The second kappa shape index (κ2) is 10.1. The average Bonchev–Trinajstić information content (AvgIpc) is 2.79. The molecule has 10 heteroatoms. The van der Waals surface area contributed by atoms with Gasteiger partial charge in [-0.1, -0.05) is 23.7 Å². The first kappa shape index (κ1) is 24.3. The fraction of sp³-hybridized carbons (Fsp3) is 0.174. The van der Waals surface area contributed by atoms with Crippen LogP contribution < -0.4 is 19.5 Å². The predicted octanol–water partition coefficient (Wildman–Crippen LogP) is 4.79. The molecule has 0 aromatic heterocycles. The van der Waals surface area contributed by atoms with Gasteiger partial charge in [0.05, 0.1) is 30.8 Å². The number of benzene rings is 3. The summed E-state index contributed by atoms with van der Waals surface area (Å²) in [5.41, 5.74) is 0.812. The van der Waals surface area contributed by atoms with Gasteiger partial charge < -0.3 is 14.8 Å². The van der Waals surface area contributed by atoms with Crippen LogP contribution in [-0.2, 0) is 10.0 Å². The highest BCUT2D eigenvalue weighted by atomic mass is 35.5. The number of carbonyl (C=O) groups excluding carboxylic acids is 1. The van der Waals surface area contributed by atoms with Crippen LogP contribution in [0.3, 0.4) is 0 Å². The van der Waals surface area contributed by atoms with Gasteiger partial charge in [-0.2, -0.15) is 0 Å². The van der Waals surface area contributed by atoms with Gasteiger partial charge in [0, 0.05) is 10.6 Å². The van der Waals surface area contributed by atoms with E-state index in [0.717, 1.165) is 0 Å². The number of halogens is 2. The van der Waals surface area contributed by atoms with E-state index in [1.54, 1.807) is 19.1 Å². The minimum Gasteiger partial charge on any atom is -0.495 e. The standard InChI is InChI=1S/C23H22ClFN2O5S/c1-14(15-7-9-21(31-2)19(25)12-15)26-23(28)16-5-4-6-18(11-16)33(29,30)27-20-13-17(24)8-10-22(20)32-3/h4-14,27H,1-3H3,(H,26,28). The molecular formula is C23H22ClFN2O5S. The van der Waals surface area contributed by atoms with Gasteiger partial charge >= 0.3 is 0 Å². The predicted molar refractivity (Wildman–Crippen MR) is 124 cm³/mol. The second-order valence-corrected chi connectivity index (χ2v) is 9.19. The van der Waals surface area contributed by atoms with Crippen molar-refractivity contribution in [1.82, 2.24) is 5.32 Å². The third-order valence-electron chi connectivity index (χ3n) is 4.84. The van der Waals surface area contributed by atoms with Crippen LogP contribution in [0.15, 0.2) is 65.6 Å². The van der Waals surface area contributed by atoms with Crippen LogP contribution >= 0.6 is 11.6 Å². The van der Waals surface area contributed by atoms with E-state index in [2.05, 4.69) is 10.0 Å². The van der Waals surface area contributed by atoms with Gasteiger partial charge in [0.25, 0.3) is 15.9 Å². The van der Waals surface area contributed by atoms with Gasteiger partial charge in [0.1, 0.15) is 5.75 Å². The molecule has 1 amide bonds. The smallest absolute Gasteiger partial charge is 0.262 e. The van der Waals surface area contributed by atoms with Crippen LogP contribution in [0.25, 0.3) is 0 Å². The Kier molecular flexibility index (Phi) is 7.45. The summed E-state index contributed by atoms with van der Waals surface area (Å²) in [6, 6.07) is 13.9. The highest BCUT2D eigenvalue weighted by Crippen LogP contribution is 2.30. The quantitative estimate of drug-likeness (QED) is 0.471. The zero-order valence-electron chi connectivity index (χ0n) is 18.1. The molecule has 0 radical (unpaired) electrons. The van der Waals surface area contributed by atoms with Gasteiger partial charge in [-0.25, -0.2) is 12.8 Å². The van der Waals surface area contributed by atoms with E-state index in [-0.39, 0.29) is 27.6 Å². The number of carbonyl (C=O) groups is 1. The van der Waals surface area contributed by atoms with Crippen molar-refractivity contribution >= 4 is 33.2 Å². The molecule has 3 aromatic rings. The minimum absolute atomic E-state index is 0.0963. The lowest BCUT2D eigenvalue weighted by atomic mass is 10.1. The van der Waals surface area contributed by atoms with Crippen molar-refractivity contribution in [2.75, 3.05) is 18.9 Å². The number of ether oxygens (including phenoxy) is 2. The molecule has 33 heavy (non-hydrogen) atoms. The largest absolute Gasteiger partial charge is 0.495 e. The summed E-state index contributed by atoms with van der Waals surface area (Å²) in [6.07, 6.45) is 0. The summed E-state index contributed by atoms with van der Waals surface area (Å²) >= 11 is 5.97. The first-order valence-electron chi connectivity index (χ1n) is 9.75. The molecule has 3 aromatic carbocycles. The first-order chi connectivity index (χ1) is 15.6. The van der Waals surface area contributed by atoms with E-state index in [0.29, 0.717) is 10.6 Å². The Morgan fingerprint density at radius 3 is 2.36 bits per heavy atom. The third-order valence-corrected chi connectivity index (χ3v) is 6.43. The van der Waals surface area contributed by atoms with E-state index in [9.17, 15) is 17.6 Å². The summed E-state index contributed by atoms with van der Waals surface area (Å²) in [5, 5.41) is 3.06. The van der Waals surface area contributed by atoms with E-state index >= 15 is 0 Å². The Morgan fingerprint density at radius 2 is 1.70 bits per heavy atom. The Hall–Kier alpha value is -3.30. The van der Waals surface area contributed by atoms with Crippen LogP contribution in [0.1, 0.15) is 28.9 Å². The molecule has 174 valence electrons. The lowest BCUT2D eigenvalue weighted by molar-refractivity contribution is 0.0939. The van der Waals surface area contributed by atoms with Gasteiger partial charge in [-0.15, -0.1) is 0 Å². The Labute approximate surface area is 196 Å². The maximum absolute atomic E-state index is 14.0. The molecule has 0 aliphatic heterocycles. The number of methoxy groups -OCH3 is 2. The lowest BCUT2D eigenvalue weighted by Gasteiger charge is -2.16. The maximum atomic E-state index is 14.0. The number of rotatable bonds is 8. The van der Waals surface area contributed by atoms with Crippen molar-refractivity contribution in [2.45, 2.75) is 17.9 Å². The van der Waals surface area contributed by atoms with E-state index in [1.165, 1.54) is 62.8 Å². The maximum Gasteiger partial charge on any atom is 0.262 e. The SMILES string of the molecule is COc1ccc(C(C)NC(=O)c2cccc(S(=O)(=O)Nc3cc(Cl)ccc3OC)c2)cc1F. The third kappa shape index (κ3) is 5.74. The van der Waals surface area contributed by atoms with E-state index in [1.807, 2.05) is 0 Å². The highest BCUT2D eigenvalue weighted by molar-refractivity contribution is 7.92. The zero-order chi connectivity index (χ0) is 24.2. The normalized spacial score (nSPS) is 12.0. The molecule has 1 atom stereocenters. The molecular weight excluding hydrogens is 471 g/mol. The Balaban J connectivity index is 1.80. The summed E-state index contributed by atoms with van der Waals surface area (Å²) < 4.78 is 52.3. The number of hydrogen-bond donors (Lipinski definition) is 2. The van der Waals surface area contributed by atoms with Crippen molar-refractivity contribution in [1.29, 1.82) is 0 Å². The minimum atomic E-state index is -4.04. The molecule has 2 N–H and O–H groups in total. The van der Waals surface area contributed by atoms with Crippen LogP contribution in [0, 0.1) is 5.82 Å². The van der Waals surface area contributed by atoms with Gasteiger partial charge in [0.2, 0.25) is 0 Å². The zero-order valence-corrected chi connectivity index (χ0v) is 19.6. The molecule has 0 aliphatic rings. The van der Waals surface area contributed by atoms with Crippen molar-refractivity contribution in [3.63, 3.8) is 0 Å². The van der Waals surface area contributed by atoms with Crippen molar-refractivity contribution in [3.05, 3.63) is 82.6 Å². The molecule has 0 bridgehead atoms. The topological polar surface area (TPSA) is 93.7 Å². The number of hydrogen-bond acceptors (Lipinski definition) is 5. The average molecular weight is 493 g/mol. The highest BCUT2D eigenvalue weighted by Gasteiger charge is 2.20. The number of amides is 1. The molecule has 0 spiro atoms. The van der Waals surface area contributed by atoms with E-state index in [4.69, 9.17) is 21.1 Å². The van der Waals surface area contributed by atoms with Gasteiger partial charge in [-0.3, -0.25) is 9.52 Å². The van der Waals surface area contributed by atoms with Crippen molar-refractivity contribution in [3.8, 4) is 11.5 Å². The molecule has 0 heterocycles. The monoisotopic (exact) mass is 492 g/mol. The van der Waals surface area contributed by atoms with Gasteiger partial charge in [0.15, 0.2) is 11.6 Å². The summed E-state index contributed by atoms with van der Waals surface area (Å²) in [5.74, 6) is -0.681. The number of sulfonamides is 1. The van der Waals surface area contributed by atoms with Crippen LogP contribution in [0.4, 0.5) is 10.1 Å². The lowest BCUT2D eigenvalue weighted by Crippen LogP contribution is -2.27. The second-order valence-electron chi connectivity index (χ2n) is 7.07. The van der Waals surface area contributed by atoms with Crippen molar-refractivity contribution in [2.24, 2.45) is 0 Å². The summed E-state index contributed by atoms with van der Waals surface area (Å²) in [4.78, 5) is 12.6. The van der Waals surface area contributed by atoms with Crippen LogP contribution in [0.5, 0.6) is 11.5 Å². The molecule has 1 unspecified atom stereocenters. The molecule has 7 nitrogen and oxygen atoms in total. The fourth-order valence-corrected chi connectivity index (χ4v) is 4.36. The fourth-order valence-electron chi connectivity index (χ4n) is 3.08.